The molecule has 0 aromatic heterocycles. The molecule has 0 heterocycles. The Labute approximate surface area is 91.3 Å². The summed E-state index contributed by atoms with van der Waals surface area (Å²) in [6.07, 6.45) is 1.52. The van der Waals surface area contributed by atoms with Gasteiger partial charge in [-0.15, -0.1) is 0 Å². The van der Waals surface area contributed by atoms with Gasteiger partial charge in [0, 0.05) is 5.56 Å². The predicted molar refractivity (Wildman–Crippen MR) is 56.6 cm³/mol. The van der Waals surface area contributed by atoms with Gasteiger partial charge in [0.2, 0.25) is 6.29 Å². The van der Waals surface area contributed by atoms with Crippen molar-refractivity contribution in [3.63, 3.8) is 0 Å². The van der Waals surface area contributed by atoms with Crippen LogP contribution in [0.5, 0.6) is 0 Å². The third-order valence-electron chi connectivity index (χ3n) is 2.26. The summed E-state index contributed by atoms with van der Waals surface area (Å²) < 4.78 is 26.4. The zero-order chi connectivity index (χ0) is 11.5. The normalized spacial score (nSPS) is 10.1. The van der Waals surface area contributed by atoms with Crippen LogP contribution in [0.2, 0.25) is 0 Å². The van der Waals surface area contributed by atoms with E-state index in [9.17, 15) is 13.6 Å². The molecule has 0 aliphatic carbocycles. The van der Waals surface area contributed by atoms with Crippen molar-refractivity contribution in [2.75, 3.05) is 0 Å². The van der Waals surface area contributed by atoms with Crippen LogP contribution in [0.15, 0.2) is 42.5 Å². The van der Waals surface area contributed by atoms with Crippen LogP contribution in [0.3, 0.4) is 0 Å². The van der Waals surface area contributed by atoms with Crippen LogP contribution < -0.4 is 0 Å². The highest BCUT2D eigenvalue weighted by Gasteiger charge is 2.09. The van der Waals surface area contributed by atoms with Crippen LogP contribution in [-0.4, -0.2) is 6.29 Å². The first kappa shape index (κ1) is 10.5. The third kappa shape index (κ3) is 1.84. The summed E-state index contributed by atoms with van der Waals surface area (Å²) >= 11 is 0. The number of rotatable bonds is 2. The number of hydrogen-bond acceptors (Lipinski definition) is 1. The summed E-state index contributed by atoms with van der Waals surface area (Å²) in [4.78, 5) is 10.4. The molecule has 1 nitrogen and oxygen atoms in total. The predicted octanol–water partition coefficient (Wildman–Crippen LogP) is 3.09. The summed E-state index contributed by atoms with van der Waals surface area (Å²) in [5, 5.41) is 0. The topological polar surface area (TPSA) is 17.1 Å². The third-order valence-corrected chi connectivity index (χ3v) is 2.26. The molecule has 2 aromatic rings. The van der Waals surface area contributed by atoms with Crippen molar-refractivity contribution in [3.8, 4) is 11.1 Å². The fourth-order valence-corrected chi connectivity index (χ4v) is 1.46. The van der Waals surface area contributed by atoms with E-state index in [2.05, 4.69) is 0 Å². The molecule has 0 atom stereocenters. The molecule has 0 amide bonds. The molecule has 2 rings (SSSR count). The molecule has 0 unspecified atom stereocenters. The van der Waals surface area contributed by atoms with Crippen molar-refractivity contribution < 1.29 is 13.6 Å². The average Bonchev–Trinajstić information content (AvgIpc) is 2.31. The Morgan fingerprint density at radius 2 is 1.62 bits per heavy atom. The second-order valence-corrected chi connectivity index (χ2v) is 3.28. The lowest BCUT2D eigenvalue weighted by atomic mass is 10.0. The lowest BCUT2D eigenvalue weighted by Gasteiger charge is -2.04. The highest BCUT2D eigenvalue weighted by atomic mass is 19.1. The second kappa shape index (κ2) is 4.23. The van der Waals surface area contributed by atoms with E-state index in [-0.39, 0.29) is 16.9 Å². The number of benzene rings is 2. The lowest BCUT2D eigenvalue weighted by Crippen LogP contribution is -1.91. The van der Waals surface area contributed by atoms with Gasteiger partial charge in [-0.3, -0.25) is 4.79 Å². The van der Waals surface area contributed by atoms with Crippen LogP contribution in [-0.2, 0) is 4.79 Å². The quantitative estimate of drug-likeness (QED) is 0.755. The molecule has 0 spiro atoms. The van der Waals surface area contributed by atoms with Gasteiger partial charge in [0.1, 0.15) is 11.6 Å². The molecule has 79 valence electrons. The molecular formula is C13H7F2O. The molecule has 0 fully saturated rings. The summed E-state index contributed by atoms with van der Waals surface area (Å²) in [5.74, 6) is -1.02. The zero-order valence-corrected chi connectivity index (χ0v) is 8.21. The standard InChI is InChI=1S/C13H7F2O/c14-11-6-4-9(5-7-11)12-3-1-2-10(8-16)13(12)15/h1-7H. The van der Waals surface area contributed by atoms with Crippen molar-refractivity contribution in [1.29, 1.82) is 0 Å². The van der Waals surface area contributed by atoms with E-state index in [1.54, 1.807) is 6.07 Å². The van der Waals surface area contributed by atoms with Crippen LogP contribution in [0.4, 0.5) is 8.78 Å². The maximum atomic E-state index is 13.7. The summed E-state index contributed by atoms with van der Waals surface area (Å²) in [7, 11) is 0. The highest BCUT2D eigenvalue weighted by molar-refractivity contribution is 5.80. The van der Waals surface area contributed by atoms with E-state index in [0.29, 0.717) is 5.56 Å². The number of hydrogen-bond donors (Lipinski definition) is 0. The largest absolute Gasteiger partial charge is 0.285 e. The molecule has 0 aliphatic rings. The van der Waals surface area contributed by atoms with Gasteiger partial charge in [-0.1, -0.05) is 24.3 Å². The van der Waals surface area contributed by atoms with Crippen molar-refractivity contribution in [2.45, 2.75) is 0 Å². The fraction of sp³-hybridized carbons (Fsp3) is 0. The molecular weight excluding hydrogens is 210 g/mol. The fourth-order valence-electron chi connectivity index (χ4n) is 1.46. The number of carbonyl (C=O) groups excluding carboxylic acids is 1. The minimum Gasteiger partial charge on any atom is -0.285 e. The molecule has 16 heavy (non-hydrogen) atoms. The Balaban J connectivity index is 2.56. The molecule has 0 N–H and O–H groups in total. The van der Waals surface area contributed by atoms with Gasteiger partial charge >= 0.3 is 0 Å². The molecule has 2 aromatic carbocycles. The van der Waals surface area contributed by atoms with Crippen LogP contribution >= 0.6 is 0 Å². The Bertz CT molecular complexity index is 518. The van der Waals surface area contributed by atoms with E-state index in [1.165, 1.54) is 42.7 Å². The lowest BCUT2D eigenvalue weighted by molar-refractivity contribution is 0.557. The molecule has 0 bridgehead atoms. The van der Waals surface area contributed by atoms with Gasteiger partial charge in [0.05, 0.1) is 5.56 Å². The first-order chi connectivity index (χ1) is 7.72. The van der Waals surface area contributed by atoms with Crippen LogP contribution in [0, 0.1) is 11.6 Å². The SMILES string of the molecule is O=[C]c1cccc(-c2ccc(F)cc2)c1F. The maximum absolute atomic E-state index is 13.7. The van der Waals surface area contributed by atoms with Gasteiger partial charge in [-0.05, 0) is 23.8 Å². The molecule has 3 heteroatoms. The van der Waals surface area contributed by atoms with Crippen LogP contribution in [0.1, 0.15) is 5.56 Å². The van der Waals surface area contributed by atoms with Crippen molar-refractivity contribution in [1.82, 2.24) is 0 Å². The smallest absolute Gasteiger partial charge is 0.236 e. The van der Waals surface area contributed by atoms with Gasteiger partial charge in [0.15, 0.2) is 0 Å². The van der Waals surface area contributed by atoms with Crippen LogP contribution in [0.25, 0.3) is 11.1 Å². The highest BCUT2D eigenvalue weighted by Crippen LogP contribution is 2.24. The second-order valence-electron chi connectivity index (χ2n) is 3.28. The Morgan fingerprint density at radius 3 is 2.25 bits per heavy atom. The Hall–Kier alpha value is -2.03. The van der Waals surface area contributed by atoms with E-state index >= 15 is 0 Å². The first-order valence-electron chi connectivity index (χ1n) is 4.65. The van der Waals surface area contributed by atoms with Gasteiger partial charge in [0.25, 0.3) is 0 Å². The van der Waals surface area contributed by atoms with Crippen molar-refractivity contribution in [3.05, 3.63) is 59.7 Å². The zero-order valence-electron chi connectivity index (χ0n) is 8.21. The maximum Gasteiger partial charge on any atom is 0.236 e. The molecule has 0 aliphatic heterocycles. The summed E-state index contributed by atoms with van der Waals surface area (Å²) in [6, 6.07) is 9.84. The first-order valence-corrected chi connectivity index (χ1v) is 4.65. The molecule has 1 radical (unpaired) electrons. The monoisotopic (exact) mass is 217 g/mol. The van der Waals surface area contributed by atoms with E-state index in [4.69, 9.17) is 0 Å². The van der Waals surface area contributed by atoms with Gasteiger partial charge < -0.3 is 0 Å². The van der Waals surface area contributed by atoms with E-state index in [1.807, 2.05) is 0 Å². The van der Waals surface area contributed by atoms with Gasteiger partial charge in [-0.25, -0.2) is 8.78 Å². The summed E-state index contributed by atoms with van der Waals surface area (Å²) in [6.45, 7) is 0. The van der Waals surface area contributed by atoms with Crippen molar-refractivity contribution in [2.24, 2.45) is 0 Å². The Morgan fingerprint density at radius 1 is 0.938 bits per heavy atom. The van der Waals surface area contributed by atoms with E-state index < -0.39 is 5.82 Å². The van der Waals surface area contributed by atoms with Crippen molar-refractivity contribution >= 4 is 6.29 Å². The Kier molecular flexibility index (Phi) is 2.77. The van der Waals surface area contributed by atoms with E-state index in [0.717, 1.165) is 0 Å². The molecule has 0 saturated heterocycles. The molecule has 0 saturated carbocycles. The minimum atomic E-state index is -0.635. The number of halogens is 2. The summed E-state index contributed by atoms with van der Waals surface area (Å²) in [5.41, 5.74) is 0.665. The average molecular weight is 217 g/mol. The minimum absolute atomic E-state index is 0.123. The van der Waals surface area contributed by atoms with Gasteiger partial charge in [-0.2, -0.15) is 0 Å².